The molecule has 1 aliphatic heterocycles. The Morgan fingerprint density at radius 2 is 1.65 bits per heavy atom. The molecular formula is C14H31N3. The number of hydrogen-bond donors (Lipinski definition) is 3. The van der Waals surface area contributed by atoms with Crippen molar-refractivity contribution in [2.24, 2.45) is 5.73 Å². The Balaban J connectivity index is 2.43. The van der Waals surface area contributed by atoms with Crippen LogP contribution in [0.1, 0.15) is 60.8 Å². The summed E-state index contributed by atoms with van der Waals surface area (Å²) in [6, 6.07) is 0.601. The summed E-state index contributed by atoms with van der Waals surface area (Å²) in [5.74, 6) is 0. The summed E-state index contributed by atoms with van der Waals surface area (Å²) < 4.78 is 0. The van der Waals surface area contributed by atoms with Crippen LogP contribution in [0, 0.1) is 0 Å². The molecule has 1 aliphatic rings. The van der Waals surface area contributed by atoms with Crippen LogP contribution >= 0.6 is 0 Å². The second-order valence-electron chi connectivity index (χ2n) is 7.69. The van der Waals surface area contributed by atoms with Crippen LogP contribution in [0.4, 0.5) is 0 Å². The van der Waals surface area contributed by atoms with Crippen molar-refractivity contribution >= 4 is 0 Å². The van der Waals surface area contributed by atoms with Crippen LogP contribution in [-0.2, 0) is 0 Å². The average molecular weight is 241 g/mol. The minimum atomic E-state index is -0.0645. The molecule has 17 heavy (non-hydrogen) atoms. The molecule has 0 radical (unpaired) electrons. The minimum Gasteiger partial charge on any atom is -0.326 e. The van der Waals surface area contributed by atoms with Gasteiger partial charge in [-0.15, -0.1) is 0 Å². The highest BCUT2D eigenvalue weighted by molar-refractivity contribution is 4.99. The predicted molar refractivity (Wildman–Crippen MR) is 75.2 cm³/mol. The monoisotopic (exact) mass is 241 g/mol. The lowest BCUT2D eigenvalue weighted by molar-refractivity contribution is 0.145. The zero-order valence-corrected chi connectivity index (χ0v) is 12.5. The highest BCUT2D eigenvalue weighted by atomic mass is 15.1. The summed E-state index contributed by atoms with van der Waals surface area (Å²) in [4.78, 5) is 0. The molecule has 0 bridgehead atoms. The fourth-order valence-electron chi connectivity index (χ4n) is 3.07. The number of nitrogens with two attached hydrogens (primary N) is 1. The van der Waals surface area contributed by atoms with Gasteiger partial charge in [-0.2, -0.15) is 0 Å². The van der Waals surface area contributed by atoms with Gasteiger partial charge >= 0.3 is 0 Å². The van der Waals surface area contributed by atoms with E-state index in [0.29, 0.717) is 6.04 Å². The van der Waals surface area contributed by atoms with Gasteiger partial charge in [-0.1, -0.05) is 0 Å². The molecule has 0 aromatic rings. The Labute approximate surface area is 107 Å². The maximum absolute atomic E-state index is 6.01. The van der Waals surface area contributed by atoms with Crippen LogP contribution in [0.15, 0.2) is 0 Å². The lowest BCUT2D eigenvalue weighted by atomic mass is 9.79. The van der Waals surface area contributed by atoms with Crippen LogP contribution in [0.2, 0.25) is 0 Å². The van der Waals surface area contributed by atoms with E-state index in [2.05, 4.69) is 52.2 Å². The number of nitrogens with one attached hydrogen (secondary N) is 2. The average Bonchev–Trinajstić information content (AvgIpc) is 1.93. The summed E-state index contributed by atoms with van der Waals surface area (Å²) in [5.41, 5.74) is 6.38. The lowest BCUT2D eigenvalue weighted by Gasteiger charge is -2.47. The molecule has 1 fully saturated rings. The molecule has 102 valence electrons. The fraction of sp³-hybridized carbons (Fsp3) is 1.00. The largest absolute Gasteiger partial charge is 0.326 e. The molecule has 0 atom stereocenters. The third kappa shape index (κ3) is 5.84. The van der Waals surface area contributed by atoms with Crippen molar-refractivity contribution < 1.29 is 0 Å². The summed E-state index contributed by atoms with van der Waals surface area (Å²) in [6.45, 7) is 14.3. The van der Waals surface area contributed by atoms with E-state index in [0.717, 1.165) is 13.0 Å². The second-order valence-corrected chi connectivity index (χ2v) is 7.69. The molecule has 0 saturated carbocycles. The number of rotatable bonds is 4. The highest BCUT2D eigenvalue weighted by Crippen LogP contribution is 2.28. The van der Waals surface area contributed by atoms with Crippen molar-refractivity contribution in [3.8, 4) is 0 Å². The second kappa shape index (κ2) is 4.87. The molecule has 3 nitrogen and oxygen atoms in total. The van der Waals surface area contributed by atoms with Gasteiger partial charge < -0.3 is 16.4 Å². The van der Waals surface area contributed by atoms with E-state index in [9.17, 15) is 0 Å². The van der Waals surface area contributed by atoms with Crippen LogP contribution < -0.4 is 16.4 Å². The molecule has 0 unspecified atom stereocenters. The molecular weight excluding hydrogens is 210 g/mol. The predicted octanol–water partition coefficient (Wildman–Crippen LogP) is 2.01. The summed E-state index contributed by atoms with van der Waals surface area (Å²) in [6.07, 6.45) is 3.39. The van der Waals surface area contributed by atoms with Crippen LogP contribution in [0.25, 0.3) is 0 Å². The normalized spacial score (nSPS) is 24.9. The van der Waals surface area contributed by atoms with Gasteiger partial charge in [0.2, 0.25) is 0 Å². The third-order valence-electron chi connectivity index (χ3n) is 3.39. The van der Waals surface area contributed by atoms with Crippen LogP contribution in [0.3, 0.4) is 0 Å². The number of hydrogen-bond acceptors (Lipinski definition) is 3. The Morgan fingerprint density at radius 3 is 2.06 bits per heavy atom. The van der Waals surface area contributed by atoms with E-state index in [1.54, 1.807) is 0 Å². The highest BCUT2D eigenvalue weighted by Gasteiger charge is 2.37. The molecule has 3 heteroatoms. The first-order chi connectivity index (χ1) is 7.49. The van der Waals surface area contributed by atoms with E-state index in [-0.39, 0.29) is 16.6 Å². The molecule has 1 rings (SSSR count). The van der Waals surface area contributed by atoms with E-state index >= 15 is 0 Å². The van der Waals surface area contributed by atoms with Crippen molar-refractivity contribution in [2.75, 3.05) is 6.54 Å². The molecule has 0 aromatic heterocycles. The van der Waals surface area contributed by atoms with Gasteiger partial charge in [0.25, 0.3) is 0 Å². The van der Waals surface area contributed by atoms with Gasteiger partial charge in [0, 0.05) is 22.7 Å². The van der Waals surface area contributed by atoms with Crippen molar-refractivity contribution in [3.05, 3.63) is 0 Å². The van der Waals surface area contributed by atoms with Crippen molar-refractivity contribution in [1.29, 1.82) is 0 Å². The van der Waals surface area contributed by atoms with Crippen molar-refractivity contribution in [2.45, 2.75) is 83.5 Å². The van der Waals surface area contributed by atoms with Gasteiger partial charge in [0.05, 0.1) is 0 Å². The van der Waals surface area contributed by atoms with Crippen LogP contribution in [0.5, 0.6) is 0 Å². The molecule has 1 heterocycles. The Kier molecular flexibility index (Phi) is 4.28. The summed E-state index contributed by atoms with van der Waals surface area (Å²) >= 11 is 0. The van der Waals surface area contributed by atoms with Gasteiger partial charge in [-0.3, -0.25) is 0 Å². The Bertz CT molecular complexity index is 235. The topological polar surface area (TPSA) is 50.1 Å². The molecule has 1 saturated heterocycles. The van der Waals surface area contributed by atoms with Gasteiger partial charge in [-0.05, 0) is 67.3 Å². The standard InChI is InChI=1S/C14H31N3/c1-12(2,15)7-8-16-11-9-13(3,4)17-14(5,6)10-11/h11,16-17H,7-10,15H2,1-6H3. The smallest absolute Gasteiger partial charge is 0.0144 e. The van der Waals surface area contributed by atoms with Gasteiger partial charge in [0.1, 0.15) is 0 Å². The number of piperidine rings is 1. The zero-order valence-electron chi connectivity index (χ0n) is 12.5. The minimum absolute atomic E-state index is 0.0645. The molecule has 4 N–H and O–H groups in total. The van der Waals surface area contributed by atoms with E-state index in [4.69, 9.17) is 5.73 Å². The van der Waals surface area contributed by atoms with Crippen LogP contribution in [-0.4, -0.2) is 29.2 Å². The first-order valence-electron chi connectivity index (χ1n) is 6.81. The summed E-state index contributed by atoms with van der Waals surface area (Å²) in [7, 11) is 0. The fourth-order valence-corrected chi connectivity index (χ4v) is 3.07. The molecule has 0 amide bonds. The zero-order chi connectivity index (χ0) is 13.3. The third-order valence-corrected chi connectivity index (χ3v) is 3.39. The first-order valence-corrected chi connectivity index (χ1v) is 6.81. The van der Waals surface area contributed by atoms with E-state index < -0.39 is 0 Å². The van der Waals surface area contributed by atoms with Crippen molar-refractivity contribution in [3.63, 3.8) is 0 Å². The SMILES string of the molecule is CC(C)(N)CCNC1CC(C)(C)NC(C)(C)C1. The first kappa shape index (κ1) is 14.9. The maximum Gasteiger partial charge on any atom is 0.0144 e. The Hall–Kier alpha value is -0.120. The van der Waals surface area contributed by atoms with E-state index in [1.807, 2.05) is 0 Å². The summed E-state index contributed by atoms with van der Waals surface area (Å²) in [5, 5.41) is 7.37. The quantitative estimate of drug-likeness (QED) is 0.706. The molecule has 0 spiro atoms. The Morgan fingerprint density at radius 1 is 1.18 bits per heavy atom. The van der Waals surface area contributed by atoms with Gasteiger partial charge in [-0.25, -0.2) is 0 Å². The lowest BCUT2D eigenvalue weighted by Crippen LogP contribution is -2.61. The van der Waals surface area contributed by atoms with Crippen molar-refractivity contribution in [1.82, 2.24) is 10.6 Å². The molecule has 0 aromatic carbocycles. The molecule has 0 aliphatic carbocycles. The maximum atomic E-state index is 6.01. The van der Waals surface area contributed by atoms with Gasteiger partial charge in [0.15, 0.2) is 0 Å². The van der Waals surface area contributed by atoms with E-state index in [1.165, 1.54) is 12.8 Å².